The zero-order chi connectivity index (χ0) is 19.3. The van der Waals surface area contributed by atoms with Gasteiger partial charge >= 0.3 is 0 Å². The van der Waals surface area contributed by atoms with Crippen LogP contribution in [0.3, 0.4) is 0 Å². The number of carbonyl (C=O) groups excluding carboxylic acids is 2. The van der Waals surface area contributed by atoms with E-state index in [9.17, 15) is 9.59 Å². The zero-order valence-electron chi connectivity index (χ0n) is 15.5. The average molecular weight is 371 g/mol. The SMILES string of the molecule is O=C(NCc1cccnc1)c1ccc(C(=O)N2CCCc3ccccc32)cc1. The molecule has 2 amide bonds. The maximum Gasteiger partial charge on any atom is 0.258 e. The number of para-hydroxylation sites is 1. The lowest BCUT2D eigenvalue weighted by Crippen LogP contribution is -2.35. The Morgan fingerprint density at radius 3 is 2.54 bits per heavy atom. The molecule has 1 aliphatic rings. The first kappa shape index (κ1) is 17.9. The number of amides is 2. The molecule has 28 heavy (non-hydrogen) atoms. The molecule has 2 aromatic carbocycles. The maximum atomic E-state index is 13.0. The fourth-order valence-electron chi connectivity index (χ4n) is 3.45. The molecular formula is C23H21N3O2. The second kappa shape index (κ2) is 8.05. The molecule has 0 radical (unpaired) electrons. The van der Waals surface area contributed by atoms with Crippen molar-refractivity contribution in [2.75, 3.05) is 11.4 Å². The third kappa shape index (κ3) is 3.78. The van der Waals surface area contributed by atoms with E-state index < -0.39 is 0 Å². The van der Waals surface area contributed by atoms with E-state index in [-0.39, 0.29) is 11.8 Å². The monoisotopic (exact) mass is 371 g/mol. The lowest BCUT2D eigenvalue weighted by atomic mass is 10.0. The van der Waals surface area contributed by atoms with Gasteiger partial charge in [-0.1, -0.05) is 24.3 Å². The van der Waals surface area contributed by atoms with Gasteiger partial charge in [-0.25, -0.2) is 0 Å². The summed E-state index contributed by atoms with van der Waals surface area (Å²) in [6.07, 6.45) is 5.37. The second-order valence-electron chi connectivity index (χ2n) is 6.81. The third-order valence-electron chi connectivity index (χ3n) is 4.93. The number of hydrogen-bond acceptors (Lipinski definition) is 3. The van der Waals surface area contributed by atoms with Gasteiger partial charge in [-0.3, -0.25) is 14.6 Å². The van der Waals surface area contributed by atoms with Crippen molar-refractivity contribution in [3.05, 3.63) is 95.3 Å². The van der Waals surface area contributed by atoms with Crippen LogP contribution in [0.15, 0.2) is 73.1 Å². The predicted octanol–water partition coefficient (Wildman–Crippen LogP) is 3.60. The van der Waals surface area contributed by atoms with Crippen molar-refractivity contribution in [3.63, 3.8) is 0 Å². The predicted molar refractivity (Wildman–Crippen MR) is 108 cm³/mol. The minimum Gasteiger partial charge on any atom is -0.348 e. The highest BCUT2D eigenvalue weighted by Crippen LogP contribution is 2.28. The number of carbonyl (C=O) groups is 2. The highest BCUT2D eigenvalue weighted by molar-refractivity contribution is 6.07. The molecule has 5 heteroatoms. The molecule has 4 rings (SSSR count). The van der Waals surface area contributed by atoms with Crippen molar-refractivity contribution >= 4 is 17.5 Å². The molecule has 2 heterocycles. The number of anilines is 1. The van der Waals surface area contributed by atoms with Crippen LogP contribution in [0.2, 0.25) is 0 Å². The molecule has 0 bridgehead atoms. The van der Waals surface area contributed by atoms with Crippen molar-refractivity contribution in [1.82, 2.24) is 10.3 Å². The van der Waals surface area contributed by atoms with Crippen LogP contribution in [0.4, 0.5) is 5.69 Å². The summed E-state index contributed by atoms with van der Waals surface area (Å²) in [7, 11) is 0. The van der Waals surface area contributed by atoms with Crippen LogP contribution < -0.4 is 10.2 Å². The van der Waals surface area contributed by atoms with E-state index >= 15 is 0 Å². The van der Waals surface area contributed by atoms with Crippen LogP contribution in [-0.2, 0) is 13.0 Å². The van der Waals surface area contributed by atoms with E-state index in [2.05, 4.69) is 16.4 Å². The van der Waals surface area contributed by atoms with Gasteiger partial charge < -0.3 is 10.2 Å². The number of rotatable bonds is 4. The number of benzene rings is 2. The Labute approximate surface area is 164 Å². The zero-order valence-corrected chi connectivity index (χ0v) is 15.5. The minimum absolute atomic E-state index is 0.0329. The summed E-state index contributed by atoms with van der Waals surface area (Å²) >= 11 is 0. The van der Waals surface area contributed by atoms with Gasteiger partial charge in [0.15, 0.2) is 0 Å². The van der Waals surface area contributed by atoms with Gasteiger partial charge in [0.25, 0.3) is 11.8 Å². The van der Waals surface area contributed by atoms with Crippen molar-refractivity contribution in [1.29, 1.82) is 0 Å². The highest BCUT2D eigenvalue weighted by atomic mass is 16.2. The number of aromatic nitrogens is 1. The molecule has 3 aromatic rings. The Bertz CT molecular complexity index is 984. The molecule has 0 spiro atoms. The van der Waals surface area contributed by atoms with Crippen molar-refractivity contribution in [3.8, 4) is 0 Å². The van der Waals surface area contributed by atoms with Gasteiger partial charge in [0.2, 0.25) is 0 Å². The Hall–Kier alpha value is -3.47. The van der Waals surface area contributed by atoms with Crippen LogP contribution in [-0.4, -0.2) is 23.3 Å². The molecule has 0 saturated carbocycles. The van der Waals surface area contributed by atoms with E-state index in [1.165, 1.54) is 5.56 Å². The topological polar surface area (TPSA) is 62.3 Å². The lowest BCUT2D eigenvalue weighted by Gasteiger charge is -2.29. The van der Waals surface area contributed by atoms with Gasteiger partial charge in [0.1, 0.15) is 0 Å². The Kier molecular flexibility index (Phi) is 5.15. The van der Waals surface area contributed by atoms with Gasteiger partial charge in [0.05, 0.1) is 0 Å². The quantitative estimate of drug-likeness (QED) is 0.762. The van der Waals surface area contributed by atoms with E-state index in [0.29, 0.717) is 24.2 Å². The van der Waals surface area contributed by atoms with Crippen LogP contribution in [0.1, 0.15) is 38.3 Å². The molecule has 1 N–H and O–H groups in total. The molecule has 1 aliphatic heterocycles. The van der Waals surface area contributed by atoms with Crippen molar-refractivity contribution in [2.24, 2.45) is 0 Å². The fourth-order valence-corrected chi connectivity index (χ4v) is 3.45. The summed E-state index contributed by atoms with van der Waals surface area (Å²) in [5, 5.41) is 2.87. The van der Waals surface area contributed by atoms with Crippen molar-refractivity contribution in [2.45, 2.75) is 19.4 Å². The van der Waals surface area contributed by atoms with Crippen LogP contribution in [0.25, 0.3) is 0 Å². The Balaban J connectivity index is 1.45. The number of nitrogens with zero attached hydrogens (tertiary/aromatic N) is 2. The molecule has 0 unspecified atom stereocenters. The van der Waals surface area contributed by atoms with Gasteiger partial charge in [-0.05, 0) is 60.4 Å². The summed E-state index contributed by atoms with van der Waals surface area (Å²) < 4.78 is 0. The van der Waals surface area contributed by atoms with E-state index in [4.69, 9.17) is 0 Å². The molecule has 0 saturated heterocycles. The molecule has 0 atom stereocenters. The summed E-state index contributed by atoms with van der Waals surface area (Å²) in [4.78, 5) is 31.2. The van der Waals surface area contributed by atoms with E-state index in [1.807, 2.05) is 35.2 Å². The normalized spacial score (nSPS) is 12.9. The number of aryl methyl sites for hydroxylation is 1. The summed E-state index contributed by atoms with van der Waals surface area (Å²) in [6.45, 7) is 1.13. The molecule has 0 fully saturated rings. The van der Waals surface area contributed by atoms with Gasteiger partial charge in [-0.15, -0.1) is 0 Å². The Morgan fingerprint density at radius 1 is 0.964 bits per heavy atom. The van der Waals surface area contributed by atoms with Gasteiger partial charge in [-0.2, -0.15) is 0 Å². The summed E-state index contributed by atoms with van der Waals surface area (Å²) in [6, 6.07) is 18.6. The first-order chi connectivity index (χ1) is 13.7. The lowest BCUT2D eigenvalue weighted by molar-refractivity contribution is 0.0947. The van der Waals surface area contributed by atoms with Crippen LogP contribution >= 0.6 is 0 Å². The number of nitrogens with one attached hydrogen (secondary N) is 1. The highest BCUT2D eigenvalue weighted by Gasteiger charge is 2.23. The largest absolute Gasteiger partial charge is 0.348 e. The molecule has 0 aliphatic carbocycles. The standard InChI is InChI=1S/C23H21N3O2/c27-22(25-16-17-5-3-13-24-15-17)19-9-11-20(12-10-19)23(28)26-14-4-7-18-6-1-2-8-21(18)26/h1-3,5-6,8-13,15H,4,7,14,16H2,(H,25,27). The molecule has 1 aromatic heterocycles. The molecule has 5 nitrogen and oxygen atoms in total. The number of hydrogen-bond donors (Lipinski definition) is 1. The first-order valence-electron chi connectivity index (χ1n) is 9.39. The van der Waals surface area contributed by atoms with Gasteiger partial charge in [0, 0.05) is 42.3 Å². The van der Waals surface area contributed by atoms with E-state index in [1.54, 1.807) is 36.7 Å². The maximum absolute atomic E-state index is 13.0. The van der Waals surface area contributed by atoms with Crippen LogP contribution in [0, 0.1) is 0 Å². The third-order valence-corrected chi connectivity index (χ3v) is 4.93. The summed E-state index contributed by atoms with van der Waals surface area (Å²) in [5.74, 6) is -0.208. The second-order valence-corrected chi connectivity index (χ2v) is 6.81. The number of pyridine rings is 1. The summed E-state index contributed by atoms with van der Waals surface area (Å²) in [5.41, 5.74) is 4.23. The molecule has 140 valence electrons. The van der Waals surface area contributed by atoms with E-state index in [0.717, 1.165) is 24.1 Å². The average Bonchev–Trinajstić information content (AvgIpc) is 2.77. The van der Waals surface area contributed by atoms with Crippen LogP contribution in [0.5, 0.6) is 0 Å². The number of fused-ring (bicyclic) bond motifs is 1. The Morgan fingerprint density at radius 2 is 1.75 bits per heavy atom. The smallest absolute Gasteiger partial charge is 0.258 e. The fraction of sp³-hybridized carbons (Fsp3) is 0.174. The van der Waals surface area contributed by atoms with Crippen molar-refractivity contribution < 1.29 is 9.59 Å². The first-order valence-corrected chi connectivity index (χ1v) is 9.39. The molecular weight excluding hydrogens is 350 g/mol. The minimum atomic E-state index is -0.175.